The summed E-state index contributed by atoms with van der Waals surface area (Å²) in [6.07, 6.45) is 8.63. The van der Waals surface area contributed by atoms with Gasteiger partial charge >= 0.3 is 0 Å². The number of hydrogen-bond donors (Lipinski definition) is 2. The third-order valence-corrected chi connectivity index (χ3v) is 4.93. The van der Waals surface area contributed by atoms with Crippen molar-refractivity contribution in [2.45, 2.75) is 19.6 Å². The summed E-state index contributed by atoms with van der Waals surface area (Å²) in [7, 11) is 1.72. The van der Waals surface area contributed by atoms with Crippen molar-refractivity contribution >= 4 is 29.9 Å². The molecule has 0 aliphatic rings. The summed E-state index contributed by atoms with van der Waals surface area (Å²) in [6, 6.07) is 15.3. The predicted octanol–water partition coefficient (Wildman–Crippen LogP) is 3.74. The number of aromatic nitrogens is 4. The fraction of sp³-hybridized carbons (Fsp3) is 0.174. The minimum absolute atomic E-state index is 0. The van der Waals surface area contributed by atoms with E-state index in [4.69, 9.17) is 0 Å². The van der Waals surface area contributed by atoms with Crippen LogP contribution in [0.25, 0.3) is 5.69 Å². The fourth-order valence-corrected chi connectivity index (χ4v) is 3.31. The first-order valence-corrected chi connectivity index (χ1v) is 9.98. The molecule has 0 unspecified atom stereocenters. The summed E-state index contributed by atoms with van der Waals surface area (Å²) < 4.78 is 18.0. The van der Waals surface area contributed by atoms with Crippen LogP contribution in [0.4, 0.5) is 4.39 Å². The lowest BCUT2D eigenvalue weighted by molar-refractivity contribution is 0.614. The molecule has 2 aromatic heterocycles. The van der Waals surface area contributed by atoms with Crippen LogP contribution in [0.3, 0.4) is 0 Å². The first-order valence-electron chi connectivity index (χ1n) is 9.98. The summed E-state index contributed by atoms with van der Waals surface area (Å²) >= 11 is 0. The number of benzene rings is 2. The molecule has 0 saturated carbocycles. The number of hydrogen-bond acceptors (Lipinski definition) is 3. The molecule has 2 N–H and O–H groups in total. The van der Waals surface area contributed by atoms with E-state index in [1.807, 2.05) is 35.1 Å². The normalized spacial score (nSPS) is 11.1. The number of rotatable bonds is 7. The van der Waals surface area contributed by atoms with E-state index in [9.17, 15) is 4.39 Å². The first-order chi connectivity index (χ1) is 15.2. The zero-order valence-electron chi connectivity index (χ0n) is 17.6. The van der Waals surface area contributed by atoms with Crippen molar-refractivity contribution in [1.29, 1.82) is 0 Å². The van der Waals surface area contributed by atoms with Crippen LogP contribution in [0.2, 0.25) is 0 Å². The molecule has 4 aromatic rings. The van der Waals surface area contributed by atoms with Gasteiger partial charge in [-0.1, -0.05) is 30.3 Å². The van der Waals surface area contributed by atoms with E-state index in [1.54, 1.807) is 42.6 Å². The zero-order valence-corrected chi connectivity index (χ0v) is 20.0. The summed E-state index contributed by atoms with van der Waals surface area (Å²) in [5, 5.41) is 10.8. The Labute approximate surface area is 203 Å². The fourth-order valence-electron chi connectivity index (χ4n) is 3.31. The van der Waals surface area contributed by atoms with Gasteiger partial charge in [0.15, 0.2) is 5.96 Å². The molecule has 0 aliphatic carbocycles. The van der Waals surface area contributed by atoms with Crippen molar-refractivity contribution in [3.8, 4) is 5.69 Å². The highest BCUT2D eigenvalue weighted by Crippen LogP contribution is 2.15. The Kier molecular flexibility index (Phi) is 8.37. The molecule has 0 bridgehead atoms. The van der Waals surface area contributed by atoms with Gasteiger partial charge in [-0.15, -0.1) is 24.0 Å². The molecular formula is C23H25FIN7. The van der Waals surface area contributed by atoms with E-state index in [-0.39, 0.29) is 29.8 Å². The Hall–Kier alpha value is -3.21. The van der Waals surface area contributed by atoms with Crippen LogP contribution in [-0.4, -0.2) is 32.3 Å². The van der Waals surface area contributed by atoms with Crippen LogP contribution in [0.1, 0.15) is 16.7 Å². The van der Waals surface area contributed by atoms with Gasteiger partial charge in [0, 0.05) is 44.9 Å². The van der Waals surface area contributed by atoms with Crippen LogP contribution in [0.5, 0.6) is 0 Å². The van der Waals surface area contributed by atoms with E-state index in [0.29, 0.717) is 31.3 Å². The van der Waals surface area contributed by atoms with E-state index in [2.05, 4.69) is 37.8 Å². The van der Waals surface area contributed by atoms with Crippen molar-refractivity contribution in [2.75, 3.05) is 7.05 Å². The minimum atomic E-state index is -0.298. The van der Waals surface area contributed by atoms with E-state index in [0.717, 1.165) is 11.1 Å². The number of nitrogens with zero attached hydrogens (tertiary/aromatic N) is 5. The van der Waals surface area contributed by atoms with Gasteiger partial charge in [-0.3, -0.25) is 9.67 Å². The van der Waals surface area contributed by atoms with Crippen molar-refractivity contribution in [1.82, 2.24) is 30.0 Å². The molecular weight excluding hydrogens is 520 g/mol. The van der Waals surface area contributed by atoms with E-state index in [1.165, 1.54) is 11.6 Å². The number of nitrogens with one attached hydrogen (secondary N) is 2. The standard InChI is InChI=1S/C23H24FN7.HI/c1-25-23(27-14-18-7-8-22(21(24)13-18)30-12-10-26-17-30)28-15-19-5-2-3-6-20(19)16-31-11-4-9-29-31;/h2-13,17H,14-16H2,1H3,(H2,25,27,28);1H. The SMILES string of the molecule is CN=C(NCc1ccc(-n2ccnc2)c(F)c1)NCc1ccccc1Cn1cccn1.I. The van der Waals surface area contributed by atoms with E-state index < -0.39 is 0 Å². The quantitative estimate of drug-likeness (QED) is 0.211. The van der Waals surface area contributed by atoms with Crippen LogP contribution >= 0.6 is 24.0 Å². The maximum absolute atomic E-state index is 14.5. The third kappa shape index (κ3) is 5.94. The lowest BCUT2D eigenvalue weighted by Crippen LogP contribution is -2.36. The molecule has 4 rings (SSSR count). The average molecular weight is 545 g/mol. The Balaban J connectivity index is 0.00000289. The third-order valence-electron chi connectivity index (χ3n) is 4.93. The number of aliphatic imine (C=N–C) groups is 1. The highest BCUT2D eigenvalue weighted by atomic mass is 127. The molecule has 2 heterocycles. The Morgan fingerprint density at radius 3 is 2.50 bits per heavy atom. The van der Waals surface area contributed by atoms with Gasteiger partial charge in [-0.2, -0.15) is 5.10 Å². The maximum Gasteiger partial charge on any atom is 0.191 e. The monoisotopic (exact) mass is 545 g/mol. The summed E-state index contributed by atoms with van der Waals surface area (Å²) in [6.45, 7) is 1.78. The highest BCUT2D eigenvalue weighted by molar-refractivity contribution is 14.0. The summed E-state index contributed by atoms with van der Waals surface area (Å²) in [5.74, 6) is 0.348. The van der Waals surface area contributed by atoms with Gasteiger partial charge < -0.3 is 15.2 Å². The second-order valence-electron chi connectivity index (χ2n) is 7.01. The summed E-state index contributed by atoms with van der Waals surface area (Å²) in [4.78, 5) is 8.23. The minimum Gasteiger partial charge on any atom is -0.352 e. The molecule has 0 aliphatic heterocycles. The number of halogens is 2. The lowest BCUT2D eigenvalue weighted by atomic mass is 10.1. The van der Waals surface area contributed by atoms with Crippen LogP contribution in [0.15, 0.2) is 84.6 Å². The van der Waals surface area contributed by atoms with E-state index >= 15 is 0 Å². The van der Waals surface area contributed by atoms with Crippen LogP contribution in [0, 0.1) is 5.82 Å². The molecule has 0 radical (unpaired) electrons. The van der Waals surface area contributed by atoms with Crippen molar-refractivity contribution in [3.05, 3.63) is 102 Å². The first kappa shape index (κ1) is 23.5. The molecule has 0 fully saturated rings. The van der Waals surface area contributed by atoms with Gasteiger partial charge in [0.05, 0.1) is 18.6 Å². The number of imidazole rings is 1. The van der Waals surface area contributed by atoms with Gasteiger partial charge in [-0.25, -0.2) is 9.37 Å². The molecule has 2 aromatic carbocycles. The molecule has 32 heavy (non-hydrogen) atoms. The molecule has 166 valence electrons. The van der Waals surface area contributed by atoms with Crippen molar-refractivity contribution < 1.29 is 4.39 Å². The Morgan fingerprint density at radius 2 is 1.81 bits per heavy atom. The molecule has 7 nitrogen and oxygen atoms in total. The van der Waals surface area contributed by atoms with Gasteiger partial charge in [0.2, 0.25) is 0 Å². The Bertz CT molecular complexity index is 1140. The van der Waals surface area contributed by atoms with Crippen molar-refractivity contribution in [3.63, 3.8) is 0 Å². The molecule has 0 atom stereocenters. The average Bonchev–Trinajstić information content (AvgIpc) is 3.49. The topological polar surface area (TPSA) is 72.1 Å². The molecule has 0 amide bonds. The largest absolute Gasteiger partial charge is 0.352 e. The second-order valence-corrected chi connectivity index (χ2v) is 7.01. The van der Waals surface area contributed by atoms with Crippen LogP contribution in [-0.2, 0) is 19.6 Å². The predicted molar refractivity (Wildman–Crippen MR) is 134 cm³/mol. The van der Waals surface area contributed by atoms with Crippen molar-refractivity contribution in [2.24, 2.45) is 4.99 Å². The van der Waals surface area contributed by atoms with Gasteiger partial charge in [0.25, 0.3) is 0 Å². The molecule has 9 heteroatoms. The van der Waals surface area contributed by atoms with Crippen LogP contribution < -0.4 is 10.6 Å². The zero-order chi connectivity index (χ0) is 21.5. The van der Waals surface area contributed by atoms with Gasteiger partial charge in [0.1, 0.15) is 5.82 Å². The molecule has 0 saturated heterocycles. The second kappa shape index (κ2) is 11.4. The number of guanidine groups is 1. The van der Waals surface area contributed by atoms with Gasteiger partial charge in [-0.05, 0) is 34.9 Å². The lowest BCUT2D eigenvalue weighted by Gasteiger charge is -2.15. The smallest absolute Gasteiger partial charge is 0.191 e. The summed E-state index contributed by atoms with van der Waals surface area (Å²) in [5.41, 5.74) is 3.64. The molecule has 0 spiro atoms. The Morgan fingerprint density at radius 1 is 1.00 bits per heavy atom. The highest BCUT2D eigenvalue weighted by Gasteiger charge is 2.07. The maximum atomic E-state index is 14.5.